The number of ether oxygens (including phenoxy) is 1. The molecule has 0 saturated heterocycles. The van der Waals surface area contributed by atoms with Crippen molar-refractivity contribution in [1.29, 1.82) is 0 Å². The molecule has 3 nitrogen and oxygen atoms in total. The summed E-state index contributed by atoms with van der Waals surface area (Å²) in [5.74, 6) is -1.61. The van der Waals surface area contributed by atoms with E-state index in [1.54, 1.807) is 12.1 Å². The van der Waals surface area contributed by atoms with E-state index in [2.05, 4.69) is 0 Å². The van der Waals surface area contributed by atoms with Crippen LogP contribution in [0.3, 0.4) is 0 Å². The van der Waals surface area contributed by atoms with Crippen molar-refractivity contribution >= 4 is 17.6 Å². The van der Waals surface area contributed by atoms with Crippen molar-refractivity contribution in [3.63, 3.8) is 0 Å². The molecular weight excluding hydrogens is 309 g/mol. The molecule has 1 aromatic carbocycles. The molecule has 1 N–H and O–H groups in total. The van der Waals surface area contributed by atoms with Gasteiger partial charge >= 0.3 is 12.1 Å². The van der Waals surface area contributed by atoms with Crippen LogP contribution in [0, 0.1) is 0 Å². The molecule has 3 rings (SSSR count). The normalized spacial score (nSPS) is 20.2. The lowest BCUT2D eigenvalue weighted by atomic mass is 9.95. The third-order valence-corrected chi connectivity index (χ3v) is 3.72. The van der Waals surface area contributed by atoms with E-state index in [0.717, 1.165) is 30.1 Å². The molecule has 1 unspecified atom stereocenters. The highest BCUT2D eigenvalue weighted by molar-refractivity contribution is 5.95. The number of alkyl halides is 3. The second-order valence-electron chi connectivity index (χ2n) is 5.34. The molecule has 1 aromatic rings. The Kier molecular flexibility index (Phi) is 3.75. The van der Waals surface area contributed by atoms with E-state index in [9.17, 15) is 18.0 Å². The number of carbonyl (C=O) groups is 1. The molecule has 0 spiro atoms. The maximum atomic E-state index is 13.0. The van der Waals surface area contributed by atoms with Crippen LogP contribution in [0.2, 0.25) is 0 Å². The topological polar surface area (TPSA) is 46.5 Å². The SMILES string of the molecule is O=C(O)C1=Cc2cc(C3=CCCC=C3)ccc2OC1C(F)(F)F. The second-order valence-corrected chi connectivity index (χ2v) is 5.34. The molecule has 1 aliphatic carbocycles. The Bertz CT molecular complexity index is 742. The standard InChI is InChI=1S/C17H13F3O3/c18-17(19,20)15-13(16(21)22)9-12-8-11(6-7-14(12)23-15)10-4-2-1-3-5-10/h2,4-9,15H,1,3H2,(H,21,22). The first kappa shape index (κ1) is 15.4. The van der Waals surface area contributed by atoms with Crippen LogP contribution in [-0.4, -0.2) is 23.4 Å². The Hall–Kier alpha value is -2.50. The average molecular weight is 322 g/mol. The average Bonchev–Trinajstić information content (AvgIpc) is 2.53. The Morgan fingerprint density at radius 1 is 1.26 bits per heavy atom. The molecule has 0 saturated carbocycles. The lowest BCUT2D eigenvalue weighted by Gasteiger charge is -2.27. The fraction of sp³-hybridized carbons (Fsp3) is 0.235. The molecular formula is C17H13F3O3. The molecule has 1 heterocycles. The van der Waals surface area contributed by atoms with E-state index in [0.29, 0.717) is 5.56 Å². The van der Waals surface area contributed by atoms with Gasteiger partial charge in [-0.25, -0.2) is 4.79 Å². The van der Waals surface area contributed by atoms with Crippen LogP contribution in [0.15, 0.2) is 42.0 Å². The van der Waals surface area contributed by atoms with E-state index in [4.69, 9.17) is 9.84 Å². The van der Waals surface area contributed by atoms with Crippen molar-refractivity contribution in [2.24, 2.45) is 0 Å². The highest BCUT2D eigenvalue weighted by Gasteiger charge is 2.48. The molecule has 2 aliphatic rings. The fourth-order valence-electron chi connectivity index (χ4n) is 2.63. The molecule has 1 atom stereocenters. The smallest absolute Gasteiger partial charge is 0.430 e. The Morgan fingerprint density at radius 3 is 2.65 bits per heavy atom. The van der Waals surface area contributed by atoms with Crippen LogP contribution in [0.5, 0.6) is 5.75 Å². The number of hydrogen-bond donors (Lipinski definition) is 1. The summed E-state index contributed by atoms with van der Waals surface area (Å²) in [6, 6.07) is 4.77. The van der Waals surface area contributed by atoms with Crippen molar-refractivity contribution in [2.45, 2.75) is 25.1 Å². The van der Waals surface area contributed by atoms with Gasteiger partial charge in [0.15, 0.2) is 0 Å². The Balaban J connectivity index is 2.03. The van der Waals surface area contributed by atoms with E-state index in [1.807, 2.05) is 18.2 Å². The van der Waals surface area contributed by atoms with Crippen molar-refractivity contribution < 1.29 is 27.8 Å². The molecule has 0 bridgehead atoms. The molecule has 120 valence electrons. The number of hydrogen-bond acceptors (Lipinski definition) is 2. The van der Waals surface area contributed by atoms with Gasteiger partial charge in [-0.15, -0.1) is 0 Å². The van der Waals surface area contributed by atoms with Gasteiger partial charge in [0.1, 0.15) is 5.75 Å². The van der Waals surface area contributed by atoms with Gasteiger partial charge in [-0.3, -0.25) is 0 Å². The van der Waals surface area contributed by atoms with Crippen LogP contribution in [0.4, 0.5) is 13.2 Å². The Labute approximate surface area is 130 Å². The molecule has 6 heteroatoms. The molecule has 0 fully saturated rings. The van der Waals surface area contributed by atoms with Crippen molar-refractivity contribution in [1.82, 2.24) is 0 Å². The van der Waals surface area contributed by atoms with E-state index >= 15 is 0 Å². The first-order valence-electron chi connectivity index (χ1n) is 7.05. The van der Waals surface area contributed by atoms with Crippen LogP contribution < -0.4 is 4.74 Å². The largest absolute Gasteiger partial charge is 0.478 e. The van der Waals surface area contributed by atoms with Gasteiger partial charge in [-0.2, -0.15) is 13.2 Å². The fourth-order valence-corrected chi connectivity index (χ4v) is 2.63. The maximum Gasteiger partial charge on any atom is 0.430 e. The number of carboxylic acids is 1. The number of fused-ring (bicyclic) bond motifs is 1. The van der Waals surface area contributed by atoms with Crippen molar-refractivity contribution in [3.8, 4) is 5.75 Å². The lowest BCUT2D eigenvalue weighted by molar-refractivity contribution is -0.187. The van der Waals surface area contributed by atoms with Gasteiger partial charge in [-0.05, 0) is 42.2 Å². The first-order valence-corrected chi connectivity index (χ1v) is 7.05. The maximum absolute atomic E-state index is 13.0. The molecule has 1 aliphatic heterocycles. The predicted octanol–water partition coefficient (Wildman–Crippen LogP) is 4.21. The van der Waals surface area contributed by atoms with Gasteiger partial charge in [0, 0.05) is 5.56 Å². The number of benzene rings is 1. The van der Waals surface area contributed by atoms with Gasteiger partial charge < -0.3 is 9.84 Å². The van der Waals surface area contributed by atoms with Crippen LogP contribution >= 0.6 is 0 Å². The molecule has 0 radical (unpaired) electrons. The summed E-state index contributed by atoms with van der Waals surface area (Å²) < 4.78 is 43.8. The number of halogens is 3. The summed E-state index contributed by atoms with van der Waals surface area (Å²) in [6.45, 7) is 0. The minimum atomic E-state index is -4.78. The number of carboxylic acid groups (broad SMARTS) is 1. The summed E-state index contributed by atoms with van der Waals surface area (Å²) in [4.78, 5) is 11.1. The van der Waals surface area contributed by atoms with E-state index in [-0.39, 0.29) is 5.75 Å². The minimum absolute atomic E-state index is 0.0291. The summed E-state index contributed by atoms with van der Waals surface area (Å²) in [5, 5.41) is 9.04. The number of aliphatic carboxylic acids is 1. The third kappa shape index (κ3) is 3.02. The zero-order valence-electron chi connectivity index (χ0n) is 11.9. The zero-order valence-corrected chi connectivity index (χ0v) is 11.9. The summed E-state index contributed by atoms with van der Waals surface area (Å²) in [6.07, 6.45) is 1.64. The number of allylic oxidation sites excluding steroid dienone is 4. The second kappa shape index (κ2) is 5.61. The Morgan fingerprint density at radius 2 is 2.04 bits per heavy atom. The third-order valence-electron chi connectivity index (χ3n) is 3.72. The number of rotatable bonds is 2. The van der Waals surface area contributed by atoms with Crippen LogP contribution in [-0.2, 0) is 4.79 Å². The predicted molar refractivity (Wildman–Crippen MR) is 78.9 cm³/mol. The quantitative estimate of drug-likeness (QED) is 0.887. The van der Waals surface area contributed by atoms with Crippen LogP contribution in [0.25, 0.3) is 11.6 Å². The van der Waals surface area contributed by atoms with Crippen molar-refractivity contribution in [3.05, 3.63) is 53.1 Å². The first-order chi connectivity index (χ1) is 10.9. The summed E-state index contributed by atoms with van der Waals surface area (Å²) in [7, 11) is 0. The zero-order chi connectivity index (χ0) is 16.6. The van der Waals surface area contributed by atoms with Crippen molar-refractivity contribution in [2.75, 3.05) is 0 Å². The van der Waals surface area contributed by atoms with Crippen LogP contribution in [0.1, 0.15) is 24.0 Å². The highest BCUT2D eigenvalue weighted by atomic mass is 19.4. The monoisotopic (exact) mass is 322 g/mol. The molecule has 23 heavy (non-hydrogen) atoms. The van der Waals surface area contributed by atoms with Gasteiger partial charge in [0.25, 0.3) is 0 Å². The molecule has 0 aromatic heterocycles. The van der Waals surface area contributed by atoms with Gasteiger partial charge in [0.2, 0.25) is 6.10 Å². The van der Waals surface area contributed by atoms with E-state index < -0.39 is 23.8 Å². The summed E-state index contributed by atoms with van der Waals surface area (Å²) >= 11 is 0. The lowest BCUT2D eigenvalue weighted by Crippen LogP contribution is -2.40. The highest BCUT2D eigenvalue weighted by Crippen LogP contribution is 2.38. The van der Waals surface area contributed by atoms with E-state index in [1.165, 1.54) is 6.07 Å². The minimum Gasteiger partial charge on any atom is -0.478 e. The van der Waals surface area contributed by atoms with Gasteiger partial charge in [0.05, 0.1) is 5.57 Å². The molecule has 0 amide bonds. The van der Waals surface area contributed by atoms with Gasteiger partial charge in [-0.1, -0.05) is 24.3 Å². The summed E-state index contributed by atoms with van der Waals surface area (Å²) in [5.41, 5.74) is 1.30.